The zero-order valence-electron chi connectivity index (χ0n) is 13.4. The third-order valence-electron chi connectivity index (χ3n) is 4.40. The van der Waals surface area contributed by atoms with E-state index in [2.05, 4.69) is 27.5 Å². The highest BCUT2D eigenvalue weighted by molar-refractivity contribution is 7.07. The summed E-state index contributed by atoms with van der Waals surface area (Å²) in [6.07, 6.45) is 7.42. The van der Waals surface area contributed by atoms with Crippen LogP contribution in [0.25, 0.3) is 0 Å². The minimum Gasteiger partial charge on any atom is -0.354 e. The molecule has 2 atom stereocenters. The number of amides is 1. The maximum Gasteiger partial charge on any atom is 0.226 e. The second-order valence-corrected chi connectivity index (χ2v) is 7.10. The van der Waals surface area contributed by atoms with Gasteiger partial charge in [-0.15, -0.1) is 16.4 Å². The fourth-order valence-electron chi connectivity index (χ4n) is 3.17. The van der Waals surface area contributed by atoms with Crippen LogP contribution in [0.15, 0.2) is 17.1 Å². The van der Waals surface area contributed by atoms with Crippen LogP contribution >= 0.6 is 11.3 Å². The average molecular weight is 333 g/mol. The molecule has 0 bridgehead atoms. The van der Waals surface area contributed by atoms with Crippen molar-refractivity contribution in [1.29, 1.82) is 0 Å². The van der Waals surface area contributed by atoms with Gasteiger partial charge >= 0.3 is 0 Å². The van der Waals surface area contributed by atoms with Crippen LogP contribution < -0.4 is 5.32 Å². The van der Waals surface area contributed by atoms with Crippen LogP contribution in [0, 0.1) is 5.92 Å². The highest BCUT2D eigenvalue weighted by Gasteiger charge is 2.22. The van der Waals surface area contributed by atoms with Crippen molar-refractivity contribution in [3.63, 3.8) is 0 Å². The molecule has 1 aliphatic carbocycles. The van der Waals surface area contributed by atoms with E-state index in [0.717, 1.165) is 17.3 Å². The van der Waals surface area contributed by atoms with Gasteiger partial charge in [0.15, 0.2) is 0 Å². The van der Waals surface area contributed by atoms with Crippen LogP contribution in [-0.4, -0.2) is 32.4 Å². The van der Waals surface area contributed by atoms with E-state index in [0.29, 0.717) is 25.4 Å². The van der Waals surface area contributed by atoms with E-state index in [1.807, 2.05) is 16.3 Å². The van der Waals surface area contributed by atoms with Gasteiger partial charge in [-0.1, -0.05) is 25.0 Å². The molecule has 0 radical (unpaired) electrons. The summed E-state index contributed by atoms with van der Waals surface area (Å²) in [5.41, 5.74) is 3.67. The molecule has 1 saturated carbocycles. The normalized spacial score (nSPS) is 21.3. The molecule has 6 nitrogen and oxygen atoms in total. The average Bonchev–Trinajstić information content (AvgIpc) is 3.19. The molecule has 0 saturated heterocycles. The Labute approximate surface area is 140 Å². The van der Waals surface area contributed by atoms with Crippen LogP contribution in [0.5, 0.6) is 0 Å². The minimum absolute atomic E-state index is 0.00246. The molecule has 0 aliphatic heterocycles. The topological polar surface area (TPSA) is 72.7 Å². The number of nitrogens with zero attached hydrogens (tertiary/aromatic N) is 4. The van der Waals surface area contributed by atoms with Crippen molar-refractivity contribution < 1.29 is 4.79 Å². The van der Waals surface area contributed by atoms with Gasteiger partial charge in [0, 0.05) is 24.0 Å². The van der Waals surface area contributed by atoms with Crippen LogP contribution in [0.3, 0.4) is 0 Å². The summed E-state index contributed by atoms with van der Waals surface area (Å²) in [5.74, 6) is 1.33. The van der Waals surface area contributed by atoms with Crippen molar-refractivity contribution in [3.05, 3.63) is 28.5 Å². The van der Waals surface area contributed by atoms with Crippen molar-refractivity contribution in [3.8, 4) is 0 Å². The Kier molecular flexibility index (Phi) is 5.38. The zero-order chi connectivity index (χ0) is 16.1. The summed E-state index contributed by atoms with van der Waals surface area (Å²) < 4.78 is 1.83. The molecule has 124 valence electrons. The van der Waals surface area contributed by atoms with Gasteiger partial charge in [0.25, 0.3) is 0 Å². The van der Waals surface area contributed by atoms with Crippen LogP contribution in [-0.2, 0) is 17.8 Å². The lowest BCUT2D eigenvalue weighted by atomic mass is 9.81. The molecule has 1 fully saturated rings. The molecule has 3 rings (SSSR count). The third-order valence-corrected chi connectivity index (χ3v) is 5.03. The number of nitrogens with one attached hydrogen (secondary N) is 1. The van der Waals surface area contributed by atoms with Crippen molar-refractivity contribution in [2.24, 2.45) is 5.92 Å². The monoisotopic (exact) mass is 333 g/mol. The number of aromatic nitrogens is 4. The van der Waals surface area contributed by atoms with E-state index in [4.69, 9.17) is 0 Å². The molecule has 1 N–H and O–H groups in total. The van der Waals surface area contributed by atoms with Gasteiger partial charge < -0.3 is 5.32 Å². The number of thiazole rings is 1. The first kappa shape index (κ1) is 16.1. The van der Waals surface area contributed by atoms with Gasteiger partial charge in [0.05, 0.1) is 29.9 Å². The number of carbonyl (C=O) groups excluding carboxylic acids is 1. The maximum absolute atomic E-state index is 11.8. The minimum atomic E-state index is -0.00246. The number of hydrogen-bond acceptors (Lipinski definition) is 5. The van der Waals surface area contributed by atoms with Crippen molar-refractivity contribution in [2.45, 2.75) is 51.5 Å². The SMILES string of the molecule is CC1CCCC(c2cn(CCNC(=O)Cc3cscn3)nn2)C1. The third kappa shape index (κ3) is 4.60. The maximum atomic E-state index is 11.8. The van der Waals surface area contributed by atoms with Gasteiger partial charge in [-0.25, -0.2) is 4.98 Å². The molecule has 2 unspecified atom stereocenters. The summed E-state index contributed by atoms with van der Waals surface area (Å²) in [6, 6.07) is 0. The number of carbonyl (C=O) groups is 1. The van der Waals surface area contributed by atoms with Crippen LogP contribution in [0.1, 0.15) is 49.9 Å². The van der Waals surface area contributed by atoms with E-state index < -0.39 is 0 Å². The van der Waals surface area contributed by atoms with Gasteiger partial charge in [0.1, 0.15) is 0 Å². The van der Waals surface area contributed by atoms with E-state index in [1.54, 1.807) is 5.51 Å². The van der Waals surface area contributed by atoms with Gasteiger partial charge in [-0.3, -0.25) is 9.48 Å². The predicted octanol–water partition coefficient (Wildman–Crippen LogP) is 2.39. The first-order valence-corrected chi connectivity index (χ1v) is 9.19. The quantitative estimate of drug-likeness (QED) is 0.881. The largest absolute Gasteiger partial charge is 0.354 e. The van der Waals surface area contributed by atoms with Crippen molar-refractivity contribution in [1.82, 2.24) is 25.3 Å². The fourth-order valence-corrected chi connectivity index (χ4v) is 3.73. The number of rotatable bonds is 6. The molecule has 2 aromatic heterocycles. The van der Waals surface area contributed by atoms with Crippen LogP contribution in [0.2, 0.25) is 0 Å². The lowest BCUT2D eigenvalue weighted by molar-refractivity contribution is -0.120. The van der Waals surface area contributed by atoms with E-state index in [9.17, 15) is 4.79 Å². The molecular weight excluding hydrogens is 310 g/mol. The van der Waals surface area contributed by atoms with Gasteiger partial charge in [-0.05, 0) is 18.8 Å². The highest BCUT2D eigenvalue weighted by Crippen LogP contribution is 2.34. The highest BCUT2D eigenvalue weighted by atomic mass is 32.1. The Morgan fingerprint density at radius 2 is 2.39 bits per heavy atom. The van der Waals surface area contributed by atoms with E-state index in [-0.39, 0.29) is 5.91 Å². The lowest BCUT2D eigenvalue weighted by Crippen LogP contribution is -2.28. The van der Waals surface area contributed by atoms with Gasteiger partial charge in [0.2, 0.25) is 5.91 Å². The predicted molar refractivity (Wildman–Crippen MR) is 89.2 cm³/mol. The summed E-state index contributed by atoms with van der Waals surface area (Å²) >= 11 is 1.51. The first-order chi connectivity index (χ1) is 11.2. The molecule has 0 spiro atoms. The smallest absolute Gasteiger partial charge is 0.226 e. The summed E-state index contributed by atoms with van der Waals surface area (Å²) in [6.45, 7) is 3.53. The molecule has 2 heterocycles. The van der Waals surface area contributed by atoms with Crippen molar-refractivity contribution in [2.75, 3.05) is 6.54 Å². The Morgan fingerprint density at radius 3 is 3.17 bits per heavy atom. The van der Waals surface area contributed by atoms with E-state index >= 15 is 0 Å². The standard InChI is InChI=1S/C16H23N5OS/c1-12-3-2-4-13(7-12)15-9-21(20-19-15)6-5-17-16(22)8-14-10-23-11-18-14/h9-13H,2-8H2,1H3,(H,17,22). The van der Waals surface area contributed by atoms with E-state index in [1.165, 1.54) is 37.0 Å². The molecule has 2 aromatic rings. The molecule has 1 amide bonds. The lowest BCUT2D eigenvalue weighted by Gasteiger charge is -2.24. The Morgan fingerprint density at radius 1 is 1.48 bits per heavy atom. The fraction of sp³-hybridized carbons (Fsp3) is 0.625. The summed E-state index contributed by atoms with van der Waals surface area (Å²) in [7, 11) is 0. The Balaban J connectivity index is 1.43. The van der Waals surface area contributed by atoms with Gasteiger partial charge in [-0.2, -0.15) is 0 Å². The molecule has 1 aliphatic rings. The second kappa shape index (κ2) is 7.68. The first-order valence-electron chi connectivity index (χ1n) is 8.24. The Bertz CT molecular complexity index is 624. The summed E-state index contributed by atoms with van der Waals surface area (Å²) in [5, 5.41) is 13.3. The van der Waals surface area contributed by atoms with Crippen LogP contribution in [0.4, 0.5) is 0 Å². The number of hydrogen-bond donors (Lipinski definition) is 1. The zero-order valence-corrected chi connectivity index (χ0v) is 14.3. The Hall–Kier alpha value is -1.76. The molecule has 23 heavy (non-hydrogen) atoms. The molecular formula is C16H23N5OS. The second-order valence-electron chi connectivity index (χ2n) is 6.38. The molecule has 0 aromatic carbocycles. The summed E-state index contributed by atoms with van der Waals surface area (Å²) in [4.78, 5) is 15.9. The molecule has 7 heteroatoms. The van der Waals surface area contributed by atoms with Crippen molar-refractivity contribution >= 4 is 17.2 Å².